The van der Waals surface area contributed by atoms with E-state index in [1.165, 1.54) is 25.3 Å². The first-order valence-electron chi connectivity index (χ1n) is 6.05. The fourth-order valence-electron chi connectivity index (χ4n) is 1.42. The number of carbonyl (C=O) groups is 2. The van der Waals surface area contributed by atoms with Crippen molar-refractivity contribution in [2.24, 2.45) is 0 Å². The number of carbonyl (C=O) groups excluding carboxylic acids is 1. The normalized spacial score (nSPS) is 12.6. The van der Waals surface area contributed by atoms with E-state index in [9.17, 15) is 14.4 Å². The van der Waals surface area contributed by atoms with Crippen LogP contribution in [0.4, 0.5) is 10.5 Å². The first-order chi connectivity index (χ1) is 9.10. The van der Waals surface area contributed by atoms with E-state index in [1.54, 1.807) is 20.8 Å². The number of pyridine rings is 1. The van der Waals surface area contributed by atoms with E-state index in [2.05, 4.69) is 5.32 Å². The maximum Gasteiger partial charge on any atom is 0.412 e. The lowest BCUT2D eigenvalue weighted by molar-refractivity contribution is -0.140. The van der Waals surface area contributed by atoms with Gasteiger partial charge in [-0.15, -0.1) is 0 Å². The van der Waals surface area contributed by atoms with Crippen molar-refractivity contribution in [3.05, 3.63) is 28.7 Å². The Morgan fingerprint density at radius 3 is 2.45 bits per heavy atom. The van der Waals surface area contributed by atoms with Gasteiger partial charge in [-0.2, -0.15) is 0 Å². The number of nitrogens with zero attached hydrogens (tertiary/aromatic N) is 1. The Balaban J connectivity index is 2.94. The van der Waals surface area contributed by atoms with E-state index in [0.29, 0.717) is 0 Å². The van der Waals surface area contributed by atoms with Gasteiger partial charge in [-0.25, -0.2) is 9.59 Å². The van der Waals surface area contributed by atoms with E-state index < -0.39 is 29.3 Å². The highest BCUT2D eigenvalue weighted by molar-refractivity contribution is 5.84. The standard InChI is InChI=1S/C13H18N2O5/c1-8(11(17)18)15-7-9(5-6-10(15)16)14-12(19)20-13(2,3)4/h5-8H,1-4H3,(H,14,19)(H,17,18). The number of aromatic nitrogens is 1. The Kier molecular flexibility index (Phi) is 4.54. The third kappa shape index (κ3) is 4.42. The molecule has 0 aromatic carbocycles. The van der Waals surface area contributed by atoms with Gasteiger partial charge < -0.3 is 9.84 Å². The van der Waals surface area contributed by atoms with Crippen LogP contribution in [0.15, 0.2) is 23.1 Å². The van der Waals surface area contributed by atoms with Gasteiger partial charge in [0.2, 0.25) is 0 Å². The second kappa shape index (κ2) is 5.77. The fraction of sp³-hybridized carbons (Fsp3) is 0.462. The summed E-state index contributed by atoms with van der Waals surface area (Å²) in [7, 11) is 0. The number of hydrogen-bond acceptors (Lipinski definition) is 4. The van der Waals surface area contributed by atoms with E-state index >= 15 is 0 Å². The summed E-state index contributed by atoms with van der Waals surface area (Å²) in [6, 6.07) is 1.55. The molecule has 0 aliphatic carbocycles. The Hall–Kier alpha value is -2.31. The summed E-state index contributed by atoms with van der Waals surface area (Å²) in [5.74, 6) is -1.14. The zero-order chi connectivity index (χ0) is 15.5. The topological polar surface area (TPSA) is 97.6 Å². The van der Waals surface area contributed by atoms with Crippen molar-refractivity contribution in [1.29, 1.82) is 0 Å². The van der Waals surface area contributed by atoms with Crippen LogP contribution in [-0.2, 0) is 9.53 Å². The van der Waals surface area contributed by atoms with Gasteiger partial charge in [0, 0.05) is 12.3 Å². The number of amides is 1. The molecular weight excluding hydrogens is 264 g/mol. The molecule has 2 N–H and O–H groups in total. The molecule has 1 amide bonds. The lowest BCUT2D eigenvalue weighted by Crippen LogP contribution is -2.29. The number of hydrogen-bond donors (Lipinski definition) is 2. The Morgan fingerprint density at radius 2 is 1.95 bits per heavy atom. The molecular formula is C13H18N2O5. The Bertz CT molecular complexity index is 571. The summed E-state index contributed by atoms with van der Waals surface area (Å²) < 4.78 is 6.09. The lowest BCUT2D eigenvalue weighted by Gasteiger charge is -2.20. The Morgan fingerprint density at radius 1 is 1.35 bits per heavy atom. The highest BCUT2D eigenvalue weighted by atomic mass is 16.6. The molecule has 1 heterocycles. The van der Waals surface area contributed by atoms with Crippen molar-refractivity contribution in [3.63, 3.8) is 0 Å². The Labute approximate surface area is 116 Å². The summed E-state index contributed by atoms with van der Waals surface area (Å²) in [5, 5.41) is 11.4. The van der Waals surface area contributed by atoms with Gasteiger partial charge in [-0.1, -0.05) is 0 Å². The second-order valence-electron chi connectivity index (χ2n) is 5.30. The predicted molar refractivity (Wildman–Crippen MR) is 72.9 cm³/mol. The van der Waals surface area contributed by atoms with Crippen LogP contribution in [0.3, 0.4) is 0 Å². The van der Waals surface area contributed by atoms with Gasteiger partial charge in [0.1, 0.15) is 11.6 Å². The molecule has 7 heteroatoms. The lowest BCUT2D eigenvalue weighted by atomic mass is 10.2. The number of anilines is 1. The molecule has 7 nitrogen and oxygen atoms in total. The van der Waals surface area contributed by atoms with Crippen molar-refractivity contribution >= 4 is 17.7 Å². The molecule has 1 rings (SSSR count). The average Bonchev–Trinajstić information content (AvgIpc) is 2.28. The number of nitrogens with one attached hydrogen (secondary N) is 1. The summed E-state index contributed by atoms with van der Waals surface area (Å²) in [4.78, 5) is 34.1. The molecule has 1 aromatic heterocycles. The highest BCUT2D eigenvalue weighted by Gasteiger charge is 2.18. The zero-order valence-electron chi connectivity index (χ0n) is 11.8. The van der Waals surface area contributed by atoms with Crippen LogP contribution in [0.5, 0.6) is 0 Å². The van der Waals surface area contributed by atoms with Crippen molar-refractivity contribution in [3.8, 4) is 0 Å². The van der Waals surface area contributed by atoms with E-state index in [1.807, 2.05) is 0 Å². The summed E-state index contributed by atoms with van der Waals surface area (Å²) in [5.41, 5.74) is -0.825. The molecule has 0 aliphatic heterocycles. The van der Waals surface area contributed by atoms with Crippen LogP contribution < -0.4 is 10.9 Å². The summed E-state index contributed by atoms with van der Waals surface area (Å²) in [6.07, 6.45) is 0.594. The van der Waals surface area contributed by atoms with Crippen LogP contribution in [0, 0.1) is 0 Å². The fourth-order valence-corrected chi connectivity index (χ4v) is 1.42. The van der Waals surface area contributed by atoms with Crippen LogP contribution in [0.2, 0.25) is 0 Å². The first kappa shape index (κ1) is 15.7. The molecule has 0 saturated heterocycles. The van der Waals surface area contributed by atoms with Gasteiger partial charge in [-0.3, -0.25) is 14.7 Å². The molecule has 1 aromatic rings. The quantitative estimate of drug-likeness (QED) is 0.881. The summed E-state index contributed by atoms with van der Waals surface area (Å²) >= 11 is 0. The van der Waals surface area contributed by atoms with Crippen LogP contribution in [-0.4, -0.2) is 27.3 Å². The smallest absolute Gasteiger partial charge is 0.412 e. The van der Waals surface area contributed by atoms with Gasteiger partial charge in [0.15, 0.2) is 0 Å². The minimum absolute atomic E-state index is 0.284. The molecule has 0 bridgehead atoms. The van der Waals surface area contributed by atoms with E-state index in [0.717, 1.165) is 4.57 Å². The van der Waals surface area contributed by atoms with Crippen LogP contribution >= 0.6 is 0 Å². The molecule has 110 valence electrons. The molecule has 0 aliphatic rings. The van der Waals surface area contributed by atoms with E-state index in [-0.39, 0.29) is 5.69 Å². The van der Waals surface area contributed by atoms with Crippen molar-refractivity contribution in [2.45, 2.75) is 39.3 Å². The van der Waals surface area contributed by atoms with Gasteiger partial charge in [-0.05, 0) is 33.8 Å². The van der Waals surface area contributed by atoms with Gasteiger partial charge >= 0.3 is 12.1 Å². The zero-order valence-corrected chi connectivity index (χ0v) is 11.8. The maximum atomic E-state index is 11.6. The summed E-state index contributed by atoms with van der Waals surface area (Å²) in [6.45, 7) is 6.54. The average molecular weight is 282 g/mol. The molecule has 0 fully saturated rings. The number of aliphatic carboxylic acids is 1. The molecule has 0 radical (unpaired) electrons. The number of rotatable bonds is 3. The number of carboxylic acids is 1. The minimum atomic E-state index is -1.14. The second-order valence-corrected chi connectivity index (χ2v) is 5.30. The number of ether oxygens (including phenoxy) is 1. The predicted octanol–water partition coefficient (Wildman–Crippen LogP) is 1.84. The van der Waals surface area contributed by atoms with Crippen molar-refractivity contribution < 1.29 is 19.4 Å². The third-order valence-electron chi connectivity index (χ3n) is 2.36. The molecule has 0 saturated carbocycles. The van der Waals surface area contributed by atoms with E-state index in [4.69, 9.17) is 9.84 Å². The van der Waals surface area contributed by atoms with Crippen LogP contribution in [0.25, 0.3) is 0 Å². The third-order valence-corrected chi connectivity index (χ3v) is 2.36. The molecule has 1 atom stereocenters. The monoisotopic (exact) mass is 282 g/mol. The highest BCUT2D eigenvalue weighted by Crippen LogP contribution is 2.12. The van der Waals surface area contributed by atoms with Crippen LogP contribution in [0.1, 0.15) is 33.7 Å². The SMILES string of the molecule is CC(C(=O)O)n1cc(NC(=O)OC(C)(C)C)ccc1=O. The molecule has 0 spiro atoms. The first-order valence-corrected chi connectivity index (χ1v) is 6.05. The van der Waals surface area contributed by atoms with Gasteiger partial charge in [0.05, 0.1) is 5.69 Å². The van der Waals surface area contributed by atoms with Gasteiger partial charge in [0.25, 0.3) is 5.56 Å². The van der Waals surface area contributed by atoms with Crippen molar-refractivity contribution in [1.82, 2.24) is 4.57 Å². The minimum Gasteiger partial charge on any atom is -0.480 e. The maximum absolute atomic E-state index is 11.6. The van der Waals surface area contributed by atoms with Crippen molar-refractivity contribution in [2.75, 3.05) is 5.32 Å². The molecule has 20 heavy (non-hydrogen) atoms. The largest absolute Gasteiger partial charge is 0.480 e. The molecule has 1 unspecified atom stereocenters. The number of carboxylic acid groups (broad SMARTS) is 1.